The Labute approximate surface area is 194 Å². The van der Waals surface area contributed by atoms with E-state index in [1.807, 2.05) is 25.1 Å². The summed E-state index contributed by atoms with van der Waals surface area (Å²) in [6.07, 6.45) is 3.13. The van der Waals surface area contributed by atoms with Gasteiger partial charge in [0.2, 0.25) is 11.8 Å². The Morgan fingerprint density at radius 1 is 1.12 bits per heavy atom. The summed E-state index contributed by atoms with van der Waals surface area (Å²) >= 11 is 0. The number of nitrogens with zero attached hydrogens (tertiary/aromatic N) is 2. The maximum Gasteiger partial charge on any atom is 0.264 e. The van der Waals surface area contributed by atoms with E-state index in [9.17, 15) is 18.0 Å². The number of benzene rings is 2. The van der Waals surface area contributed by atoms with E-state index in [1.165, 1.54) is 30.1 Å². The zero-order valence-corrected chi connectivity index (χ0v) is 19.3. The summed E-state index contributed by atoms with van der Waals surface area (Å²) in [4.78, 5) is 27.6. The molecule has 0 unspecified atom stereocenters. The predicted octanol–water partition coefficient (Wildman–Crippen LogP) is 1.74. The van der Waals surface area contributed by atoms with Crippen LogP contribution in [0, 0.1) is 6.92 Å². The number of sulfonamides is 1. The van der Waals surface area contributed by atoms with Crippen LogP contribution in [0.3, 0.4) is 0 Å². The van der Waals surface area contributed by atoms with Crippen molar-refractivity contribution in [2.75, 3.05) is 13.1 Å². The molecule has 2 aromatic rings. The maximum absolute atomic E-state index is 13.2. The second-order valence-electron chi connectivity index (χ2n) is 8.47. The molecule has 1 saturated heterocycles. The molecule has 33 heavy (non-hydrogen) atoms. The zero-order valence-electron chi connectivity index (χ0n) is 18.5. The van der Waals surface area contributed by atoms with E-state index >= 15 is 0 Å². The molecule has 2 N–H and O–H groups in total. The van der Waals surface area contributed by atoms with E-state index in [0.29, 0.717) is 6.54 Å². The van der Waals surface area contributed by atoms with Gasteiger partial charge in [-0.1, -0.05) is 48.0 Å². The second kappa shape index (κ2) is 9.76. The molecule has 0 bridgehead atoms. The van der Waals surface area contributed by atoms with E-state index in [0.717, 1.165) is 29.4 Å². The van der Waals surface area contributed by atoms with Crippen LogP contribution in [0.1, 0.15) is 24.0 Å². The Balaban J connectivity index is 1.39. The number of rotatable bonds is 7. The molecule has 2 aromatic carbocycles. The lowest BCUT2D eigenvalue weighted by Gasteiger charge is -2.31. The maximum atomic E-state index is 13.2. The number of carbonyl (C=O) groups excluding carboxylic acids is 2. The molecule has 0 saturated carbocycles. The molecule has 174 valence electrons. The van der Waals surface area contributed by atoms with Crippen LogP contribution in [-0.2, 0) is 26.2 Å². The second-order valence-corrected chi connectivity index (χ2v) is 10.3. The Morgan fingerprint density at radius 3 is 2.58 bits per heavy atom. The van der Waals surface area contributed by atoms with Crippen molar-refractivity contribution in [2.24, 2.45) is 0 Å². The van der Waals surface area contributed by atoms with Crippen molar-refractivity contribution in [3.05, 3.63) is 78.1 Å². The first kappa shape index (κ1) is 23.0. The fourth-order valence-electron chi connectivity index (χ4n) is 4.17. The smallest absolute Gasteiger partial charge is 0.264 e. The summed E-state index contributed by atoms with van der Waals surface area (Å²) in [5.41, 5.74) is 2.14. The van der Waals surface area contributed by atoms with E-state index in [-0.39, 0.29) is 23.3 Å². The lowest BCUT2D eigenvalue weighted by atomic mass is 10.1. The van der Waals surface area contributed by atoms with Gasteiger partial charge in [-0.3, -0.25) is 18.8 Å². The van der Waals surface area contributed by atoms with Gasteiger partial charge in [0.25, 0.3) is 10.0 Å². The summed E-state index contributed by atoms with van der Waals surface area (Å²) in [6.45, 7) is 4.25. The van der Waals surface area contributed by atoms with Gasteiger partial charge in [-0.15, -0.1) is 0 Å². The third kappa shape index (κ3) is 5.43. The lowest BCUT2D eigenvalue weighted by molar-refractivity contribution is -0.129. The monoisotopic (exact) mass is 468 g/mol. The van der Waals surface area contributed by atoms with Crippen molar-refractivity contribution < 1.29 is 18.0 Å². The third-order valence-corrected chi connectivity index (χ3v) is 7.72. The summed E-state index contributed by atoms with van der Waals surface area (Å²) in [6, 6.07) is 15.4. The van der Waals surface area contributed by atoms with Gasteiger partial charge in [-0.25, -0.2) is 8.42 Å². The molecule has 1 fully saturated rings. The fraction of sp³-hybridized carbons (Fsp3) is 0.333. The van der Waals surface area contributed by atoms with Crippen molar-refractivity contribution >= 4 is 21.8 Å². The van der Waals surface area contributed by atoms with E-state index < -0.39 is 22.0 Å². The largest absolute Gasteiger partial charge is 0.352 e. The minimum Gasteiger partial charge on any atom is -0.352 e. The van der Waals surface area contributed by atoms with Crippen LogP contribution in [0.15, 0.2) is 71.9 Å². The standard InChI is InChI=1S/C24H28N4O4S/c1-18-7-9-21(10-8-18)33(31,32)28-14-12-25-24(30)22(28)15-23(29)26-20-11-13-27(17-20)16-19-5-3-2-4-6-19/h2-10,12,14,20,22H,11,13,15-17H2,1H3,(H,25,30)(H,26,29)/t20-,22+/m0/s1. The van der Waals surface area contributed by atoms with Crippen LogP contribution < -0.4 is 10.6 Å². The minimum atomic E-state index is -3.98. The van der Waals surface area contributed by atoms with E-state index in [4.69, 9.17) is 0 Å². The lowest BCUT2D eigenvalue weighted by Crippen LogP contribution is -2.51. The van der Waals surface area contributed by atoms with Gasteiger partial charge in [0.1, 0.15) is 6.04 Å². The molecular weight excluding hydrogens is 440 g/mol. The molecule has 0 aromatic heterocycles. The van der Waals surface area contributed by atoms with Crippen LogP contribution in [0.4, 0.5) is 0 Å². The number of nitrogens with one attached hydrogen (secondary N) is 2. The average molecular weight is 469 g/mol. The minimum absolute atomic E-state index is 0.0365. The number of hydrogen-bond donors (Lipinski definition) is 2. The Morgan fingerprint density at radius 2 is 1.85 bits per heavy atom. The van der Waals surface area contributed by atoms with Gasteiger partial charge in [0.05, 0.1) is 11.3 Å². The highest BCUT2D eigenvalue weighted by molar-refractivity contribution is 7.89. The SMILES string of the molecule is Cc1ccc(S(=O)(=O)N2C=CNC(=O)[C@H]2CC(=O)N[C@H]2CCN(Cc3ccccc3)C2)cc1. The number of amides is 2. The summed E-state index contributed by atoms with van der Waals surface area (Å²) in [5, 5.41) is 5.49. The number of aryl methyl sites for hydroxylation is 1. The summed E-state index contributed by atoms with van der Waals surface area (Å²) in [7, 11) is -3.98. The molecular formula is C24H28N4O4S. The first-order valence-corrected chi connectivity index (χ1v) is 12.4. The van der Waals surface area contributed by atoms with Crippen molar-refractivity contribution in [3.8, 4) is 0 Å². The molecule has 0 aliphatic carbocycles. The average Bonchev–Trinajstić information content (AvgIpc) is 3.22. The molecule has 2 heterocycles. The highest BCUT2D eigenvalue weighted by Gasteiger charge is 2.37. The molecule has 9 heteroatoms. The number of carbonyl (C=O) groups is 2. The van der Waals surface area contributed by atoms with Crippen molar-refractivity contribution in [2.45, 2.75) is 43.3 Å². The van der Waals surface area contributed by atoms with Gasteiger partial charge < -0.3 is 10.6 Å². The predicted molar refractivity (Wildman–Crippen MR) is 124 cm³/mol. The van der Waals surface area contributed by atoms with E-state index in [1.54, 1.807) is 12.1 Å². The highest BCUT2D eigenvalue weighted by atomic mass is 32.2. The quantitative estimate of drug-likeness (QED) is 0.645. The first-order valence-electron chi connectivity index (χ1n) is 11.0. The van der Waals surface area contributed by atoms with Crippen LogP contribution in [0.5, 0.6) is 0 Å². The summed E-state index contributed by atoms with van der Waals surface area (Å²) in [5.74, 6) is -0.874. The van der Waals surface area contributed by atoms with Gasteiger partial charge in [0.15, 0.2) is 0 Å². The Bertz CT molecular complexity index is 1130. The fourth-order valence-corrected chi connectivity index (χ4v) is 5.62. The highest BCUT2D eigenvalue weighted by Crippen LogP contribution is 2.23. The molecule has 2 amide bonds. The zero-order chi connectivity index (χ0) is 23.4. The molecule has 4 rings (SSSR count). The molecule has 2 aliphatic rings. The normalized spacial score (nSPS) is 21.1. The van der Waals surface area contributed by atoms with Crippen LogP contribution in [0.25, 0.3) is 0 Å². The van der Waals surface area contributed by atoms with Crippen LogP contribution in [0.2, 0.25) is 0 Å². The van der Waals surface area contributed by atoms with Crippen molar-refractivity contribution in [1.82, 2.24) is 19.8 Å². The van der Waals surface area contributed by atoms with Gasteiger partial charge in [-0.2, -0.15) is 0 Å². The molecule has 0 radical (unpaired) electrons. The number of hydrogen-bond acceptors (Lipinski definition) is 5. The van der Waals surface area contributed by atoms with Crippen molar-refractivity contribution in [1.29, 1.82) is 0 Å². The van der Waals surface area contributed by atoms with Gasteiger partial charge in [-0.05, 0) is 31.0 Å². The molecule has 2 aliphatic heterocycles. The summed E-state index contributed by atoms with van der Waals surface area (Å²) < 4.78 is 27.3. The number of likely N-dealkylation sites (tertiary alicyclic amines) is 1. The van der Waals surface area contributed by atoms with Gasteiger partial charge in [0, 0.05) is 38.1 Å². The topological polar surface area (TPSA) is 98.8 Å². The first-order chi connectivity index (χ1) is 15.8. The van der Waals surface area contributed by atoms with Crippen molar-refractivity contribution in [3.63, 3.8) is 0 Å². The molecule has 2 atom stereocenters. The third-order valence-electron chi connectivity index (χ3n) is 5.92. The Kier molecular flexibility index (Phi) is 6.80. The van der Waals surface area contributed by atoms with Gasteiger partial charge >= 0.3 is 0 Å². The molecule has 0 spiro atoms. The van der Waals surface area contributed by atoms with Crippen LogP contribution in [-0.4, -0.2) is 54.6 Å². The van der Waals surface area contributed by atoms with E-state index in [2.05, 4.69) is 27.7 Å². The van der Waals surface area contributed by atoms with Crippen LogP contribution >= 0.6 is 0 Å². The molecule has 8 nitrogen and oxygen atoms in total. The Hall–Kier alpha value is -3.17.